The maximum Gasteiger partial charge on any atom is 0.118 e. The van der Waals surface area contributed by atoms with Gasteiger partial charge in [-0.1, -0.05) is 19.1 Å². The number of thiophene rings is 1. The summed E-state index contributed by atoms with van der Waals surface area (Å²) >= 11 is 1.61. The number of nitrogens with one attached hydrogen (secondary N) is 1. The Morgan fingerprint density at radius 3 is 2.52 bits per heavy atom. The van der Waals surface area contributed by atoms with E-state index in [-0.39, 0.29) is 6.04 Å². The smallest absolute Gasteiger partial charge is 0.118 e. The summed E-state index contributed by atoms with van der Waals surface area (Å²) in [4.78, 5) is 0. The monoisotopic (exact) mass is 305 g/mol. The first kappa shape index (κ1) is 16.0. The van der Waals surface area contributed by atoms with Crippen LogP contribution in [0.3, 0.4) is 0 Å². The molecule has 0 bridgehead atoms. The van der Waals surface area contributed by atoms with Crippen LogP contribution in [0.5, 0.6) is 5.75 Å². The average Bonchev–Trinajstić information content (AvgIpc) is 3.03. The van der Waals surface area contributed by atoms with Gasteiger partial charge in [0.05, 0.1) is 7.11 Å². The van der Waals surface area contributed by atoms with Crippen LogP contribution in [-0.2, 0) is 5.60 Å². The van der Waals surface area contributed by atoms with Gasteiger partial charge in [-0.05, 0) is 53.4 Å². The van der Waals surface area contributed by atoms with E-state index in [0.29, 0.717) is 6.54 Å². The lowest BCUT2D eigenvalue weighted by Gasteiger charge is -2.27. The standard InChI is InChI=1S/C17H23NO2S/c1-4-16(13-5-7-15(20-3)8-6-13)18-12-17(2,19)14-9-10-21-11-14/h5-11,16,18-19H,4,12H2,1-3H3. The highest BCUT2D eigenvalue weighted by Gasteiger charge is 2.24. The van der Waals surface area contributed by atoms with Crippen molar-refractivity contribution in [2.75, 3.05) is 13.7 Å². The quantitative estimate of drug-likeness (QED) is 0.819. The second-order valence-corrected chi connectivity index (χ2v) is 6.18. The van der Waals surface area contributed by atoms with Gasteiger partial charge in [-0.3, -0.25) is 0 Å². The summed E-state index contributed by atoms with van der Waals surface area (Å²) in [7, 11) is 1.67. The molecule has 0 radical (unpaired) electrons. The van der Waals surface area contributed by atoms with Crippen molar-refractivity contribution in [1.29, 1.82) is 0 Å². The third-order valence-corrected chi connectivity index (χ3v) is 4.45. The van der Waals surface area contributed by atoms with Crippen molar-refractivity contribution in [2.24, 2.45) is 0 Å². The average molecular weight is 305 g/mol. The number of hydrogen-bond donors (Lipinski definition) is 2. The summed E-state index contributed by atoms with van der Waals surface area (Å²) in [6.07, 6.45) is 0.964. The van der Waals surface area contributed by atoms with E-state index in [2.05, 4.69) is 24.4 Å². The number of aliphatic hydroxyl groups is 1. The highest BCUT2D eigenvalue weighted by Crippen LogP contribution is 2.25. The minimum absolute atomic E-state index is 0.223. The van der Waals surface area contributed by atoms with Gasteiger partial charge in [0.1, 0.15) is 11.4 Å². The van der Waals surface area contributed by atoms with Crippen LogP contribution in [0.4, 0.5) is 0 Å². The fourth-order valence-corrected chi connectivity index (χ4v) is 3.11. The van der Waals surface area contributed by atoms with E-state index in [1.54, 1.807) is 18.4 Å². The van der Waals surface area contributed by atoms with E-state index in [1.165, 1.54) is 5.56 Å². The van der Waals surface area contributed by atoms with Crippen LogP contribution in [0.2, 0.25) is 0 Å². The normalized spacial score (nSPS) is 15.4. The van der Waals surface area contributed by atoms with Gasteiger partial charge in [0.25, 0.3) is 0 Å². The molecule has 2 aromatic rings. The molecule has 4 heteroatoms. The lowest BCUT2D eigenvalue weighted by Crippen LogP contribution is -2.37. The zero-order chi connectivity index (χ0) is 15.3. The van der Waals surface area contributed by atoms with Crippen LogP contribution in [0.15, 0.2) is 41.1 Å². The molecule has 2 unspecified atom stereocenters. The summed E-state index contributed by atoms with van der Waals surface area (Å²) < 4.78 is 5.19. The van der Waals surface area contributed by atoms with E-state index in [9.17, 15) is 5.11 Å². The molecule has 0 spiro atoms. The lowest BCUT2D eigenvalue weighted by molar-refractivity contribution is 0.0540. The maximum atomic E-state index is 10.6. The van der Waals surface area contributed by atoms with Gasteiger partial charge in [0.15, 0.2) is 0 Å². The molecule has 2 rings (SSSR count). The number of hydrogen-bond acceptors (Lipinski definition) is 4. The fraction of sp³-hybridized carbons (Fsp3) is 0.412. The molecule has 1 heterocycles. The van der Waals surface area contributed by atoms with Gasteiger partial charge >= 0.3 is 0 Å². The van der Waals surface area contributed by atoms with Gasteiger partial charge in [0, 0.05) is 12.6 Å². The van der Waals surface area contributed by atoms with Gasteiger partial charge in [-0.2, -0.15) is 11.3 Å². The molecule has 0 saturated carbocycles. The third kappa shape index (κ3) is 4.06. The van der Waals surface area contributed by atoms with Crippen molar-refractivity contribution in [3.8, 4) is 5.75 Å². The molecule has 114 valence electrons. The van der Waals surface area contributed by atoms with Crippen LogP contribution >= 0.6 is 11.3 Å². The largest absolute Gasteiger partial charge is 0.497 e. The van der Waals surface area contributed by atoms with E-state index >= 15 is 0 Å². The summed E-state index contributed by atoms with van der Waals surface area (Å²) in [6, 6.07) is 10.3. The number of ether oxygens (including phenoxy) is 1. The first-order valence-corrected chi connectivity index (χ1v) is 8.13. The van der Waals surface area contributed by atoms with E-state index in [1.807, 2.05) is 35.9 Å². The summed E-state index contributed by atoms with van der Waals surface area (Å²) in [6.45, 7) is 4.51. The predicted octanol–water partition coefficient (Wildman–Crippen LogP) is 3.71. The number of rotatable bonds is 7. The molecule has 1 aromatic heterocycles. The van der Waals surface area contributed by atoms with Gasteiger partial charge in [-0.25, -0.2) is 0 Å². The maximum absolute atomic E-state index is 10.6. The Morgan fingerprint density at radius 1 is 1.29 bits per heavy atom. The Morgan fingerprint density at radius 2 is 2.00 bits per heavy atom. The van der Waals surface area contributed by atoms with Crippen molar-refractivity contribution in [1.82, 2.24) is 5.32 Å². The molecule has 2 atom stereocenters. The van der Waals surface area contributed by atoms with Crippen molar-refractivity contribution >= 4 is 11.3 Å². The second-order valence-electron chi connectivity index (χ2n) is 5.40. The lowest BCUT2D eigenvalue weighted by atomic mass is 9.97. The van der Waals surface area contributed by atoms with Crippen LogP contribution < -0.4 is 10.1 Å². The number of benzene rings is 1. The SMILES string of the molecule is CCC(NCC(C)(O)c1ccsc1)c1ccc(OC)cc1. The van der Waals surface area contributed by atoms with Crippen molar-refractivity contribution in [2.45, 2.75) is 31.9 Å². The van der Waals surface area contributed by atoms with E-state index < -0.39 is 5.60 Å². The Labute approximate surface area is 130 Å². The molecule has 0 amide bonds. The fourth-order valence-electron chi connectivity index (χ4n) is 2.33. The van der Waals surface area contributed by atoms with Gasteiger partial charge < -0.3 is 15.2 Å². The Bertz CT molecular complexity index is 534. The minimum atomic E-state index is -0.847. The van der Waals surface area contributed by atoms with Crippen LogP contribution in [0.25, 0.3) is 0 Å². The first-order chi connectivity index (χ1) is 10.1. The van der Waals surface area contributed by atoms with E-state index in [0.717, 1.165) is 17.7 Å². The van der Waals surface area contributed by atoms with Crippen molar-refractivity contribution < 1.29 is 9.84 Å². The molecule has 0 aliphatic heterocycles. The van der Waals surface area contributed by atoms with Gasteiger partial charge in [-0.15, -0.1) is 0 Å². The molecule has 2 N–H and O–H groups in total. The van der Waals surface area contributed by atoms with Crippen LogP contribution in [0.1, 0.15) is 37.4 Å². The highest BCUT2D eigenvalue weighted by molar-refractivity contribution is 7.08. The molecule has 0 saturated heterocycles. The predicted molar refractivity (Wildman–Crippen MR) is 87.9 cm³/mol. The molecule has 0 fully saturated rings. The molecule has 21 heavy (non-hydrogen) atoms. The van der Waals surface area contributed by atoms with Crippen LogP contribution in [-0.4, -0.2) is 18.8 Å². The zero-order valence-corrected chi connectivity index (χ0v) is 13.6. The van der Waals surface area contributed by atoms with Crippen LogP contribution in [0, 0.1) is 0 Å². The summed E-state index contributed by atoms with van der Waals surface area (Å²) in [5.41, 5.74) is 1.32. The van der Waals surface area contributed by atoms with E-state index in [4.69, 9.17) is 4.74 Å². The summed E-state index contributed by atoms with van der Waals surface area (Å²) in [5, 5.41) is 18.0. The second kappa shape index (κ2) is 7.07. The third-order valence-electron chi connectivity index (χ3n) is 3.76. The first-order valence-electron chi connectivity index (χ1n) is 7.19. The Kier molecular flexibility index (Phi) is 5.39. The topological polar surface area (TPSA) is 41.5 Å². The van der Waals surface area contributed by atoms with Gasteiger partial charge in [0.2, 0.25) is 0 Å². The Hall–Kier alpha value is -1.36. The number of methoxy groups -OCH3 is 1. The summed E-state index contributed by atoms with van der Waals surface area (Å²) in [5.74, 6) is 0.860. The molecule has 0 aliphatic rings. The Balaban J connectivity index is 2.02. The molecule has 3 nitrogen and oxygen atoms in total. The molecule has 0 aliphatic carbocycles. The van der Waals surface area contributed by atoms with Crippen molar-refractivity contribution in [3.05, 3.63) is 52.2 Å². The van der Waals surface area contributed by atoms with Crippen molar-refractivity contribution in [3.63, 3.8) is 0 Å². The molecule has 1 aromatic carbocycles. The molecular formula is C17H23NO2S. The highest BCUT2D eigenvalue weighted by atomic mass is 32.1. The molecular weight excluding hydrogens is 282 g/mol. The minimum Gasteiger partial charge on any atom is -0.497 e. The zero-order valence-electron chi connectivity index (χ0n) is 12.8.